The van der Waals surface area contributed by atoms with Crippen molar-refractivity contribution in [1.29, 1.82) is 0 Å². The molecule has 1 aromatic carbocycles. The van der Waals surface area contributed by atoms with E-state index in [9.17, 15) is 13.2 Å². The molecule has 1 fully saturated rings. The Hall–Kier alpha value is -2.54. The first-order chi connectivity index (χ1) is 13.8. The third-order valence-electron chi connectivity index (χ3n) is 5.19. The van der Waals surface area contributed by atoms with Gasteiger partial charge in [-0.1, -0.05) is 24.1 Å². The number of hydrogen-bond acceptors (Lipinski definition) is 3. The molecule has 1 N–H and O–H groups in total. The van der Waals surface area contributed by atoms with Gasteiger partial charge in [-0.05, 0) is 48.9 Å². The molecule has 2 heterocycles. The van der Waals surface area contributed by atoms with Crippen molar-refractivity contribution in [3.63, 3.8) is 0 Å². The lowest BCUT2D eigenvalue weighted by atomic mass is 9.86. The van der Waals surface area contributed by atoms with E-state index in [4.69, 9.17) is 16.3 Å². The summed E-state index contributed by atoms with van der Waals surface area (Å²) in [6.07, 6.45) is 1.69. The van der Waals surface area contributed by atoms with Crippen LogP contribution in [0.4, 0.5) is 13.2 Å². The Bertz CT molecular complexity index is 1030. The van der Waals surface area contributed by atoms with Gasteiger partial charge in [0.15, 0.2) is 0 Å². The average Bonchev–Trinajstić information content (AvgIpc) is 3.10. The van der Waals surface area contributed by atoms with Crippen molar-refractivity contribution >= 4 is 11.6 Å². The Morgan fingerprint density at radius 3 is 2.52 bits per heavy atom. The van der Waals surface area contributed by atoms with Crippen LogP contribution >= 0.6 is 11.6 Å². The zero-order chi connectivity index (χ0) is 20.6. The molecule has 0 spiro atoms. The van der Waals surface area contributed by atoms with E-state index in [0.29, 0.717) is 29.0 Å². The fourth-order valence-corrected chi connectivity index (χ4v) is 3.52. The summed E-state index contributed by atoms with van der Waals surface area (Å²) in [6.45, 7) is 2.65. The van der Waals surface area contributed by atoms with Crippen LogP contribution in [-0.4, -0.2) is 21.6 Å². The molecule has 1 aliphatic carbocycles. The van der Waals surface area contributed by atoms with E-state index in [1.807, 2.05) is 13.0 Å². The predicted molar refractivity (Wildman–Crippen MR) is 105 cm³/mol. The second kappa shape index (κ2) is 7.71. The number of H-pyrrole nitrogens is 1. The molecule has 1 saturated carbocycles. The van der Waals surface area contributed by atoms with Crippen molar-refractivity contribution in [3.8, 4) is 28.4 Å². The summed E-state index contributed by atoms with van der Waals surface area (Å²) >= 11 is 6.34. The van der Waals surface area contributed by atoms with Crippen molar-refractivity contribution in [3.05, 3.63) is 52.9 Å². The van der Waals surface area contributed by atoms with Gasteiger partial charge in [-0.15, -0.1) is 0 Å². The van der Waals surface area contributed by atoms with Crippen molar-refractivity contribution in [1.82, 2.24) is 15.0 Å². The second-order valence-corrected chi connectivity index (χ2v) is 7.69. The van der Waals surface area contributed by atoms with Crippen LogP contribution in [0, 0.1) is 12.8 Å². The number of alkyl halides is 3. The van der Waals surface area contributed by atoms with Gasteiger partial charge in [0.05, 0.1) is 17.8 Å². The van der Waals surface area contributed by atoms with Crippen LogP contribution in [-0.2, 0) is 6.18 Å². The third kappa shape index (κ3) is 4.24. The number of aromatic amines is 1. The standard InChI is InChI=1S/C21H19ClF3N3O/c1-12-7-19(29-11-13-3-2-4-13)26-9-16(12)14-5-6-15(17(22)8-14)20-27-10-18(28-20)21(23,24)25/h5-10,13H,2-4,11H2,1H3,(H,27,28). The number of nitrogens with one attached hydrogen (secondary N) is 1. The lowest BCUT2D eigenvalue weighted by Crippen LogP contribution is -2.19. The van der Waals surface area contributed by atoms with Gasteiger partial charge in [0.25, 0.3) is 0 Å². The smallest absolute Gasteiger partial charge is 0.432 e. The number of halogens is 4. The minimum Gasteiger partial charge on any atom is -0.477 e. The minimum absolute atomic E-state index is 0.0727. The normalized spacial score (nSPS) is 14.7. The van der Waals surface area contributed by atoms with Crippen LogP contribution in [0.2, 0.25) is 5.02 Å². The van der Waals surface area contributed by atoms with Gasteiger partial charge < -0.3 is 9.72 Å². The number of aromatic nitrogens is 3. The summed E-state index contributed by atoms with van der Waals surface area (Å²) in [6, 6.07) is 7.02. The zero-order valence-electron chi connectivity index (χ0n) is 15.7. The number of hydrogen-bond donors (Lipinski definition) is 1. The van der Waals surface area contributed by atoms with Crippen molar-refractivity contribution in [2.45, 2.75) is 32.4 Å². The molecule has 1 aliphatic rings. The van der Waals surface area contributed by atoms with Gasteiger partial charge in [0.2, 0.25) is 5.88 Å². The van der Waals surface area contributed by atoms with E-state index in [-0.39, 0.29) is 5.82 Å². The summed E-state index contributed by atoms with van der Waals surface area (Å²) in [5.41, 5.74) is 2.16. The number of aryl methyl sites for hydroxylation is 1. The van der Waals surface area contributed by atoms with E-state index in [2.05, 4.69) is 15.0 Å². The second-order valence-electron chi connectivity index (χ2n) is 7.28. The van der Waals surface area contributed by atoms with Gasteiger partial charge in [0.1, 0.15) is 11.5 Å². The first kappa shape index (κ1) is 19.8. The largest absolute Gasteiger partial charge is 0.477 e. The van der Waals surface area contributed by atoms with Crippen LogP contribution in [0.15, 0.2) is 36.7 Å². The molecule has 0 bridgehead atoms. The molecule has 0 unspecified atom stereocenters. The minimum atomic E-state index is -4.48. The summed E-state index contributed by atoms with van der Waals surface area (Å²) in [5, 5.41) is 0.301. The highest BCUT2D eigenvalue weighted by Gasteiger charge is 2.33. The highest BCUT2D eigenvalue weighted by molar-refractivity contribution is 6.33. The first-order valence-electron chi connectivity index (χ1n) is 9.33. The number of nitrogens with zero attached hydrogens (tertiary/aromatic N) is 2. The van der Waals surface area contributed by atoms with Gasteiger partial charge in [-0.25, -0.2) is 9.97 Å². The van der Waals surface area contributed by atoms with Gasteiger partial charge in [0, 0.05) is 23.4 Å². The van der Waals surface area contributed by atoms with Crippen LogP contribution in [0.5, 0.6) is 5.88 Å². The Kier molecular flexibility index (Phi) is 5.25. The lowest BCUT2D eigenvalue weighted by molar-refractivity contribution is -0.140. The van der Waals surface area contributed by atoms with Crippen LogP contribution in [0.3, 0.4) is 0 Å². The van der Waals surface area contributed by atoms with Crippen molar-refractivity contribution < 1.29 is 17.9 Å². The SMILES string of the molecule is Cc1cc(OCC2CCC2)ncc1-c1ccc(-c2ncc(C(F)(F)F)[nH]2)c(Cl)c1. The number of ether oxygens (including phenoxy) is 1. The Balaban J connectivity index is 1.55. The lowest BCUT2D eigenvalue weighted by Gasteiger charge is -2.24. The molecular weight excluding hydrogens is 403 g/mol. The van der Waals surface area contributed by atoms with Gasteiger partial charge in [-0.3, -0.25) is 0 Å². The molecule has 0 radical (unpaired) electrons. The summed E-state index contributed by atoms with van der Waals surface area (Å²) in [5.74, 6) is 1.29. The molecule has 8 heteroatoms. The Morgan fingerprint density at radius 2 is 1.93 bits per heavy atom. The fourth-order valence-electron chi connectivity index (χ4n) is 3.25. The Morgan fingerprint density at radius 1 is 1.14 bits per heavy atom. The molecular formula is C21H19ClF3N3O. The average molecular weight is 422 g/mol. The number of rotatable bonds is 5. The Labute approximate surface area is 171 Å². The molecule has 29 heavy (non-hydrogen) atoms. The summed E-state index contributed by atoms with van der Waals surface area (Å²) in [4.78, 5) is 10.5. The maximum atomic E-state index is 12.8. The fraction of sp³-hybridized carbons (Fsp3) is 0.333. The molecule has 0 amide bonds. The van der Waals surface area contributed by atoms with Crippen molar-refractivity contribution in [2.75, 3.05) is 6.61 Å². The number of benzene rings is 1. The molecule has 2 aromatic heterocycles. The molecule has 0 saturated heterocycles. The van der Waals surface area contributed by atoms with Gasteiger partial charge in [-0.2, -0.15) is 13.2 Å². The highest BCUT2D eigenvalue weighted by Crippen LogP contribution is 2.35. The molecule has 3 aromatic rings. The van der Waals surface area contributed by atoms with Crippen molar-refractivity contribution in [2.24, 2.45) is 5.92 Å². The molecule has 4 rings (SSSR count). The monoisotopic (exact) mass is 421 g/mol. The summed E-state index contributed by atoms with van der Waals surface area (Å²) in [7, 11) is 0. The van der Waals surface area contributed by atoms with Crippen LogP contribution in [0.1, 0.15) is 30.5 Å². The topological polar surface area (TPSA) is 50.8 Å². The van der Waals surface area contributed by atoms with Crippen LogP contribution < -0.4 is 4.74 Å². The van der Waals surface area contributed by atoms with E-state index in [1.165, 1.54) is 19.3 Å². The third-order valence-corrected chi connectivity index (χ3v) is 5.51. The maximum Gasteiger partial charge on any atom is 0.432 e. The molecule has 0 aliphatic heterocycles. The predicted octanol–water partition coefficient (Wildman–Crippen LogP) is 6.30. The zero-order valence-corrected chi connectivity index (χ0v) is 16.4. The quantitative estimate of drug-likeness (QED) is 0.526. The molecule has 4 nitrogen and oxygen atoms in total. The van der Waals surface area contributed by atoms with E-state index in [0.717, 1.165) is 22.9 Å². The molecule has 152 valence electrons. The van der Waals surface area contributed by atoms with Gasteiger partial charge >= 0.3 is 6.18 Å². The van der Waals surface area contributed by atoms with E-state index in [1.54, 1.807) is 24.4 Å². The van der Waals surface area contributed by atoms with Crippen LogP contribution in [0.25, 0.3) is 22.5 Å². The maximum absolute atomic E-state index is 12.8. The summed E-state index contributed by atoms with van der Waals surface area (Å²) < 4.78 is 44.1. The number of pyridine rings is 1. The highest BCUT2D eigenvalue weighted by atomic mass is 35.5. The van der Waals surface area contributed by atoms with E-state index >= 15 is 0 Å². The van der Waals surface area contributed by atoms with E-state index < -0.39 is 11.9 Å². The first-order valence-corrected chi connectivity index (χ1v) is 9.71. The molecule has 0 atom stereocenters. The number of imidazole rings is 1.